The molecular formula is C14H10F2N2. The molecule has 0 unspecified atom stereocenters. The van der Waals surface area contributed by atoms with Gasteiger partial charge in [0.25, 0.3) is 0 Å². The summed E-state index contributed by atoms with van der Waals surface area (Å²) in [4.78, 5) is 0. The predicted octanol–water partition coefficient (Wildman–Crippen LogP) is 3.89. The molecule has 0 saturated heterocycles. The molecule has 0 radical (unpaired) electrons. The molecule has 0 aromatic heterocycles. The van der Waals surface area contributed by atoms with Crippen LogP contribution in [0.2, 0.25) is 0 Å². The van der Waals surface area contributed by atoms with Gasteiger partial charge in [-0.05, 0) is 42.8 Å². The number of hydrogen-bond acceptors (Lipinski definition) is 2. The first-order valence-corrected chi connectivity index (χ1v) is 5.32. The fourth-order valence-corrected chi connectivity index (χ4v) is 1.61. The normalized spacial score (nSPS) is 9.89. The van der Waals surface area contributed by atoms with Gasteiger partial charge < -0.3 is 5.32 Å². The Kier molecular flexibility index (Phi) is 3.24. The lowest BCUT2D eigenvalue weighted by Crippen LogP contribution is -1.95. The molecule has 0 aliphatic heterocycles. The van der Waals surface area contributed by atoms with Crippen molar-refractivity contribution >= 4 is 11.4 Å². The molecule has 18 heavy (non-hydrogen) atoms. The summed E-state index contributed by atoms with van der Waals surface area (Å²) in [6.45, 7) is 1.81. The van der Waals surface area contributed by atoms with Crippen LogP contribution >= 0.6 is 0 Å². The minimum atomic E-state index is -0.509. The van der Waals surface area contributed by atoms with E-state index in [1.807, 2.05) is 13.0 Å². The minimum Gasteiger partial charge on any atom is -0.355 e. The number of anilines is 2. The van der Waals surface area contributed by atoms with Gasteiger partial charge in [0.05, 0.1) is 11.6 Å². The van der Waals surface area contributed by atoms with Crippen molar-refractivity contribution in [2.45, 2.75) is 6.92 Å². The monoisotopic (exact) mass is 244 g/mol. The lowest BCUT2D eigenvalue weighted by molar-refractivity contribution is 0.627. The van der Waals surface area contributed by atoms with Gasteiger partial charge in [0.1, 0.15) is 11.6 Å². The Morgan fingerprint density at radius 1 is 1.06 bits per heavy atom. The zero-order valence-electron chi connectivity index (χ0n) is 9.67. The molecule has 2 rings (SSSR count). The van der Waals surface area contributed by atoms with E-state index in [-0.39, 0.29) is 11.4 Å². The van der Waals surface area contributed by atoms with Gasteiger partial charge in [-0.3, -0.25) is 0 Å². The molecule has 4 heteroatoms. The van der Waals surface area contributed by atoms with Gasteiger partial charge in [-0.25, -0.2) is 8.78 Å². The van der Waals surface area contributed by atoms with E-state index < -0.39 is 5.82 Å². The molecule has 2 aromatic carbocycles. The summed E-state index contributed by atoms with van der Waals surface area (Å²) in [5, 5.41) is 11.6. The van der Waals surface area contributed by atoms with E-state index in [9.17, 15) is 8.78 Å². The van der Waals surface area contributed by atoms with Gasteiger partial charge in [0.2, 0.25) is 0 Å². The number of nitrogens with one attached hydrogen (secondary N) is 1. The van der Waals surface area contributed by atoms with Crippen LogP contribution in [-0.4, -0.2) is 0 Å². The van der Waals surface area contributed by atoms with Crippen molar-refractivity contribution in [3.63, 3.8) is 0 Å². The Bertz CT molecular complexity index is 630. The third kappa shape index (κ3) is 2.64. The zero-order chi connectivity index (χ0) is 13.1. The van der Waals surface area contributed by atoms with Crippen molar-refractivity contribution in [2.75, 3.05) is 5.32 Å². The van der Waals surface area contributed by atoms with E-state index in [4.69, 9.17) is 5.26 Å². The molecule has 2 nitrogen and oxygen atoms in total. The van der Waals surface area contributed by atoms with Crippen molar-refractivity contribution in [3.8, 4) is 6.07 Å². The van der Waals surface area contributed by atoms with Crippen molar-refractivity contribution in [3.05, 3.63) is 59.2 Å². The molecule has 0 saturated carbocycles. The number of benzene rings is 2. The highest BCUT2D eigenvalue weighted by molar-refractivity contribution is 5.64. The molecule has 2 aromatic rings. The maximum Gasteiger partial charge on any atom is 0.126 e. The Balaban J connectivity index is 2.37. The van der Waals surface area contributed by atoms with E-state index in [0.29, 0.717) is 11.4 Å². The highest BCUT2D eigenvalue weighted by Crippen LogP contribution is 2.23. The number of rotatable bonds is 2. The lowest BCUT2D eigenvalue weighted by Gasteiger charge is -2.10. The van der Waals surface area contributed by atoms with Gasteiger partial charge in [0, 0.05) is 11.4 Å². The molecule has 0 fully saturated rings. The van der Waals surface area contributed by atoms with Crippen LogP contribution in [0.15, 0.2) is 36.4 Å². The number of aryl methyl sites for hydroxylation is 1. The lowest BCUT2D eigenvalue weighted by atomic mass is 10.1. The summed E-state index contributed by atoms with van der Waals surface area (Å²) < 4.78 is 26.3. The van der Waals surface area contributed by atoms with Gasteiger partial charge >= 0.3 is 0 Å². The SMILES string of the molecule is Cc1ccc(F)cc1Nc1cc(F)cc(C#N)c1. The van der Waals surface area contributed by atoms with Crippen LogP contribution < -0.4 is 5.32 Å². The Labute approximate surface area is 103 Å². The number of nitrogens with zero attached hydrogens (tertiary/aromatic N) is 1. The van der Waals surface area contributed by atoms with Crippen LogP contribution in [0.5, 0.6) is 0 Å². The summed E-state index contributed by atoms with van der Waals surface area (Å²) in [7, 11) is 0. The third-order valence-corrected chi connectivity index (χ3v) is 2.51. The molecular weight excluding hydrogens is 234 g/mol. The Morgan fingerprint density at radius 3 is 2.56 bits per heavy atom. The third-order valence-electron chi connectivity index (χ3n) is 2.51. The van der Waals surface area contributed by atoms with Gasteiger partial charge in [-0.1, -0.05) is 6.07 Å². The summed E-state index contributed by atoms with van der Waals surface area (Å²) in [6, 6.07) is 10.1. The van der Waals surface area contributed by atoms with Crippen LogP contribution in [-0.2, 0) is 0 Å². The summed E-state index contributed by atoms with van der Waals surface area (Å²) >= 11 is 0. The standard InChI is InChI=1S/C14H10F2N2/c1-9-2-3-11(15)7-14(9)18-13-5-10(8-17)4-12(16)6-13/h2-7,18H,1H3. The maximum absolute atomic E-state index is 13.2. The van der Waals surface area contributed by atoms with Crippen LogP contribution in [0, 0.1) is 29.9 Å². The van der Waals surface area contributed by atoms with Crippen LogP contribution in [0.1, 0.15) is 11.1 Å². The molecule has 0 atom stereocenters. The summed E-state index contributed by atoms with van der Waals surface area (Å²) in [6.07, 6.45) is 0. The number of nitriles is 1. The van der Waals surface area contributed by atoms with Gasteiger partial charge in [0.15, 0.2) is 0 Å². The second-order valence-corrected chi connectivity index (χ2v) is 3.92. The highest BCUT2D eigenvalue weighted by Gasteiger charge is 2.04. The second-order valence-electron chi connectivity index (χ2n) is 3.92. The van der Waals surface area contributed by atoms with Crippen molar-refractivity contribution in [2.24, 2.45) is 0 Å². The Hall–Kier alpha value is -2.41. The average Bonchev–Trinajstić information content (AvgIpc) is 2.33. The zero-order valence-corrected chi connectivity index (χ0v) is 9.67. The number of halogens is 2. The number of hydrogen-bond donors (Lipinski definition) is 1. The fourth-order valence-electron chi connectivity index (χ4n) is 1.61. The van der Waals surface area contributed by atoms with Crippen molar-refractivity contribution in [1.82, 2.24) is 0 Å². The van der Waals surface area contributed by atoms with Crippen LogP contribution in [0.3, 0.4) is 0 Å². The van der Waals surface area contributed by atoms with E-state index in [1.165, 1.54) is 24.3 Å². The van der Waals surface area contributed by atoms with Crippen LogP contribution in [0.25, 0.3) is 0 Å². The topological polar surface area (TPSA) is 35.8 Å². The Morgan fingerprint density at radius 2 is 1.83 bits per heavy atom. The smallest absolute Gasteiger partial charge is 0.126 e. The molecule has 1 N–H and O–H groups in total. The summed E-state index contributed by atoms with van der Waals surface area (Å²) in [5.74, 6) is -0.884. The molecule has 0 amide bonds. The first kappa shape index (κ1) is 12.1. The van der Waals surface area contributed by atoms with E-state index in [0.717, 1.165) is 11.6 Å². The van der Waals surface area contributed by atoms with E-state index in [1.54, 1.807) is 6.07 Å². The summed E-state index contributed by atoms with van der Waals surface area (Å²) in [5.41, 5.74) is 2.01. The first-order valence-electron chi connectivity index (χ1n) is 5.32. The molecule has 90 valence electrons. The van der Waals surface area contributed by atoms with E-state index in [2.05, 4.69) is 5.32 Å². The quantitative estimate of drug-likeness (QED) is 0.869. The molecule has 0 heterocycles. The highest BCUT2D eigenvalue weighted by atomic mass is 19.1. The molecule has 0 spiro atoms. The van der Waals surface area contributed by atoms with Crippen LogP contribution in [0.4, 0.5) is 20.2 Å². The fraction of sp³-hybridized carbons (Fsp3) is 0.0714. The minimum absolute atomic E-state index is 0.214. The maximum atomic E-state index is 13.2. The van der Waals surface area contributed by atoms with Crippen molar-refractivity contribution < 1.29 is 8.78 Å². The second kappa shape index (κ2) is 4.84. The van der Waals surface area contributed by atoms with Crippen molar-refractivity contribution in [1.29, 1.82) is 5.26 Å². The van der Waals surface area contributed by atoms with E-state index >= 15 is 0 Å². The first-order chi connectivity index (χ1) is 8.58. The predicted molar refractivity (Wildman–Crippen MR) is 65.5 cm³/mol. The average molecular weight is 244 g/mol. The van der Waals surface area contributed by atoms with Gasteiger partial charge in [-0.2, -0.15) is 5.26 Å². The molecule has 0 bridgehead atoms. The van der Waals surface area contributed by atoms with Gasteiger partial charge in [-0.15, -0.1) is 0 Å². The molecule has 0 aliphatic carbocycles. The largest absolute Gasteiger partial charge is 0.355 e. The molecule has 0 aliphatic rings.